The molecule has 0 aromatic carbocycles. The highest BCUT2D eigenvalue weighted by Gasteiger charge is 2.19. The number of aliphatic imine (C=N–C) groups is 1. The van der Waals surface area contributed by atoms with Crippen molar-refractivity contribution in [3.63, 3.8) is 0 Å². The summed E-state index contributed by atoms with van der Waals surface area (Å²) in [7, 11) is 0. The third kappa shape index (κ3) is 2.34. The van der Waals surface area contributed by atoms with Gasteiger partial charge in [-0.1, -0.05) is 32.8 Å². The molecule has 0 atom stereocenters. The average Bonchev–Trinajstić information content (AvgIpc) is 2.83. The molecule has 0 saturated heterocycles. The fraction of sp³-hybridized carbons (Fsp3) is 0.533. The Labute approximate surface area is 98.7 Å². The van der Waals surface area contributed by atoms with Crippen LogP contribution in [0.3, 0.4) is 0 Å². The Morgan fingerprint density at radius 2 is 1.81 bits per heavy atom. The molecule has 0 bridgehead atoms. The number of allylic oxidation sites excluding steroid dienone is 6. The second kappa shape index (κ2) is 5.29. The SMILES string of the molecule is CCCCC1=[C]C2=C(CCCC)C=CC2=N1. The van der Waals surface area contributed by atoms with Gasteiger partial charge in [0.2, 0.25) is 0 Å². The fourth-order valence-corrected chi connectivity index (χ4v) is 2.10. The molecule has 1 nitrogen and oxygen atoms in total. The largest absolute Gasteiger partial charge is 0.252 e. The lowest BCUT2D eigenvalue weighted by molar-refractivity contribution is 0.781. The summed E-state index contributed by atoms with van der Waals surface area (Å²) in [6.45, 7) is 4.45. The molecule has 0 N–H and O–H groups in total. The second-order valence-corrected chi connectivity index (χ2v) is 4.51. The van der Waals surface area contributed by atoms with Gasteiger partial charge in [-0.2, -0.15) is 0 Å². The van der Waals surface area contributed by atoms with Crippen LogP contribution in [0.2, 0.25) is 0 Å². The lowest BCUT2D eigenvalue weighted by atomic mass is 10.0. The molecule has 16 heavy (non-hydrogen) atoms. The minimum Gasteiger partial charge on any atom is -0.252 e. The maximum absolute atomic E-state index is 4.62. The third-order valence-electron chi connectivity index (χ3n) is 3.11. The standard InChI is InChI=1S/C15H20N/c1-3-5-7-12-9-10-15-14(12)11-13(16-15)8-6-4-2/h9-10H,3-8H2,1-2H3. The van der Waals surface area contributed by atoms with Crippen LogP contribution in [0.1, 0.15) is 52.4 Å². The Morgan fingerprint density at radius 1 is 1.06 bits per heavy atom. The molecule has 1 aliphatic heterocycles. The Morgan fingerprint density at radius 3 is 2.56 bits per heavy atom. The summed E-state index contributed by atoms with van der Waals surface area (Å²) in [6.07, 6.45) is 15.1. The van der Waals surface area contributed by atoms with Gasteiger partial charge in [0, 0.05) is 17.3 Å². The predicted molar refractivity (Wildman–Crippen MR) is 69.4 cm³/mol. The van der Waals surface area contributed by atoms with Gasteiger partial charge in [-0.25, -0.2) is 0 Å². The van der Waals surface area contributed by atoms with Gasteiger partial charge >= 0.3 is 0 Å². The predicted octanol–water partition coefficient (Wildman–Crippen LogP) is 4.37. The van der Waals surface area contributed by atoms with Crippen LogP contribution in [-0.2, 0) is 0 Å². The number of nitrogens with zero attached hydrogens (tertiary/aromatic N) is 1. The minimum absolute atomic E-state index is 1.08. The van der Waals surface area contributed by atoms with E-state index >= 15 is 0 Å². The molecule has 0 amide bonds. The molecule has 2 aliphatic rings. The zero-order valence-corrected chi connectivity index (χ0v) is 10.3. The van der Waals surface area contributed by atoms with E-state index in [9.17, 15) is 0 Å². The van der Waals surface area contributed by atoms with Crippen molar-refractivity contribution in [2.24, 2.45) is 4.99 Å². The first-order valence-electron chi connectivity index (χ1n) is 6.48. The van der Waals surface area contributed by atoms with Gasteiger partial charge < -0.3 is 0 Å². The van der Waals surface area contributed by atoms with Crippen LogP contribution in [0.5, 0.6) is 0 Å². The molecule has 0 fully saturated rings. The van der Waals surface area contributed by atoms with E-state index in [2.05, 4.69) is 37.1 Å². The van der Waals surface area contributed by atoms with E-state index in [-0.39, 0.29) is 0 Å². The molecule has 1 radical (unpaired) electrons. The van der Waals surface area contributed by atoms with E-state index in [1.807, 2.05) is 0 Å². The molecule has 1 heterocycles. The van der Waals surface area contributed by atoms with Gasteiger partial charge in [-0.15, -0.1) is 0 Å². The van der Waals surface area contributed by atoms with Gasteiger partial charge in [0.15, 0.2) is 0 Å². The zero-order valence-electron chi connectivity index (χ0n) is 10.3. The topological polar surface area (TPSA) is 12.4 Å². The molecule has 2 rings (SSSR count). The molecule has 0 spiro atoms. The second-order valence-electron chi connectivity index (χ2n) is 4.51. The number of fused-ring (bicyclic) bond motifs is 1. The first kappa shape index (κ1) is 11.4. The summed E-state index contributed by atoms with van der Waals surface area (Å²) in [5.41, 5.74) is 5.02. The van der Waals surface area contributed by atoms with E-state index in [0.29, 0.717) is 0 Å². The fourth-order valence-electron chi connectivity index (χ4n) is 2.10. The van der Waals surface area contributed by atoms with Crippen LogP contribution in [0, 0.1) is 6.08 Å². The number of hydrogen-bond acceptors (Lipinski definition) is 1. The van der Waals surface area contributed by atoms with Gasteiger partial charge in [0.25, 0.3) is 0 Å². The Hall–Kier alpha value is -1.11. The molecule has 85 valence electrons. The van der Waals surface area contributed by atoms with Crippen molar-refractivity contribution >= 4 is 5.71 Å². The van der Waals surface area contributed by atoms with E-state index in [4.69, 9.17) is 0 Å². The van der Waals surface area contributed by atoms with Gasteiger partial charge in [0.05, 0.1) is 5.71 Å². The Balaban J connectivity index is 2.05. The van der Waals surface area contributed by atoms with Crippen LogP contribution in [-0.4, -0.2) is 5.71 Å². The Bertz CT molecular complexity index is 380. The number of unbranched alkanes of at least 4 members (excludes halogenated alkanes) is 2. The quantitative estimate of drug-likeness (QED) is 0.622. The summed E-state index contributed by atoms with van der Waals surface area (Å²) in [4.78, 5) is 4.62. The van der Waals surface area contributed by atoms with E-state index in [1.165, 1.54) is 43.3 Å². The highest BCUT2D eigenvalue weighted by atomic mass is 14.8. The monoisotopic (exact) mass is 214 g/mol. The first-order valence-corrected chi connectivity index (χ1v) is 6.48. The summed E-state index contributed by atoms with van der Waals surface area (Å²) in [6, 6.07) is 0. The van der Waals surface area contributed by atoms with Crippen molar-refractivity contribution < 1.29 is 0 Å². The van der Waals surface area contributed by atoms with Crippen molar-refractivity contribution in [2.45, 2.75) is 52.4 Å². The van der Waals surface area contributed by atoms with E-state index in [1.54, 1.807) is 0 Å². The van der Waals surface area contributed by atoms with Crippen molar-refractivity contribution in [1.29, 1.82) is 0 Å². The molecular formula is C15H20N. The van der Waals surface area contributed by atoms with Gasteiger partial charge in [-0.05, 0) is 37.3 Å². The molecule has 0 aromatic rings. The normalized spacial score (nSPS) is 17.9. The van der Waals surface area contributed by atoms with Crippen LogP contribution >= 0.6 is 0 Å². The van der Waals surface area contributed by atoms with Crippen molar-refractivity contribution in [1.82, 2.24) is 0 Å². The molecular weight excluding hydrogens is 194 g/mol. The van der Waals surface area contributed by atoms with Crippen molar-refractivity contribution in [3.05, 3.63) is 35.1 Å². The minimum atomic E-state index is 1.08. The average molecular weight is 214 g/mol. The lowest BCUT2D eigenvalue weighted by Gasteiger charge is -1.99. The molecule has 0 unspecified atom stereocenters. The van der Waals surface area contributed by atoms with Crippen LogP contribution in [0.25, 0.3) is 0 Å². The van der Waals surface area contributed by atoms with Crippen molar-refractivity contribution in [3.8, 4) is 0 Å². The summed E-state index contributed by atoms with van der Waals surface area (Å²) < 4.78 is 0. The molecule has 0 aromatic heterocycles. The maximum atomic E-state index is 4.62. The Kier molecular flexibility index (Phi) is 3.76. The summed E-state index contributed by atoms with van der Waals surface area (Å²) >= 11 is 0. The van der Waals surface area contributed by atoms with Gasteiger partial charge in [0.1, 0.15) is 0 Å². The lowest BCUT2D eigenvalue weighted by Crippen LogP contribution is -1.89. The molecule has 0 saturated carbocycles. The smallest absolute Gasteiger partial charge is 0.0715 e. The highest BCUT2D eigenvalue weighted by Crippen LogP contribution is 2.29. The van der Waals surface area contributed by atoms with Crippen molar-refractivity contribution in [2.75, 3.05) is 0 Å². The summed E-state index contributed by atoms with van der Waals surface area (Å²) in [5, 5.41) is 0. The summed E-state index contributed by atoms with van der Waals surface area (Å²) in [5.74, 6) is 0. The van der Waals surface area contributed by atoms with E-state index < -0.39 is 0 Å². The van der Waals surface area contributed by atoms with Crippen LogP contribution in [0.15, 0.2) is 34.0 Å². The van der Waals surface area contributed by atoms with Crippen LogP contribution < -0.4 is 0 Å². The number of hydrogen-bond donors (Lipinski definition) is 0. The molecule has 1 heteroatoms. The van der Waals surface area contributed by atoms with E-state index in [0.717, 1.165) is 17.8 Å². The molecule has 1 aliphatic carbocycles. The number of rotatable bonds is 6. The maximum Gasteiger partial charge on any atom is 0.0715 e. The highest BCUT2D eigenvalue weighted by molar-refractivity contribution is 6.15. The first-order chi connectivity index (χ1) is 7.85. The van der Waals surface area contributed by atoms with Crippen LogP contribution in [0.4, 0.5) is 0 Å². The third-order valence-corrected chi connectivity index (χ3v) is 3.11. The zero-order chi connectivity index (χ0) is 11.4. The van der Waals surface area contributed by atoms with Gasteiger partial charge in [-0.3, -0.25) is 4.99 Å².